The highest BCUT2D eigenvalue weighted by Gasteiger charge is 2.32. The van der Waals surface area contributed by atoms with Crippen molar-refractivity contribution in [3.8, 4) is 0 Å². The van der Waals surface area contributed by atoms with E-state index in [2.05, 4.69) is 0 Å². The maximum atomic E-state index is 12.8. The van der Waals surface area contributed by atoms with Crippen molar-refractivity contribution >= 4 is 21.7 Å². The van der Waals surface area contributed by atoms with Crippen LogP contribution < -0.4 is 0 Å². The number of hydrogen-bond donors (Lipinski definition) is 0. The van der Waals surface area contributed by atoms with Crippen molar-refractivity contribution in [2.75, 3.05) is 26.2 Å². The molecule has 1 amide bonds. The molecule has 1 saturated heterocycles. The second kappa shape index (κ2) is 7.52. The van der Waals surface area contributed by atoms with Crippen LogP contribution in [0.1, 0.15) is 44.7 Å². The lowest BCUT2D eigenvalue weighted by Crippen LogP contribution is -2.50. The van der Waals surface area contributed by atoms with Crippen LogP contribution in [-0.4, -0.2) is 55.5 Å². The number of amides is 1. The lowest BCUT2D eigenvalue weighted by Gasteiger charge is -2.34. The molecule has 0 N–H and O–H groups in total. The molecule has 8 heteroatoms. The molecule has 1 aromatic heterocycles. The highest BCUT2D eigenvalue weighted by atomic mass is 32.2. The molecule has 1 aliphatic rings. The normalized spacial score (nSPS) is 15.6. The monoisotopic (exact) mass is 404 g/mol. The van der Waals surface area contributed by atoms with Crippen molar-refractivity contribution < 1.29 is 22.4 Å². The molecule has 0 unspecified atom stereocenters. The smallest absolute Gasteiger partial charge is 0.257 e. The topological polar surface area (TPSA) is 87.9 Å². The molecule has 2 aromatic rings. The van der Waals surface area contributed by atoms with Crippen LogP contribution in [0.5, 0.6) is 0 Å². The van der Waals surface area contributed by atoms with Crippen LogP contribution in [0, 0.1) is 20.8 Å². The minimum absolute atomic E-state index is 0.115. The van der Waals surface area contributed by atoms with E-state index in [1.165, 1.54) is 35.5 Å². The first-order valence-corrected chi connectivity index (χ1v) is 10.5. The first-order valence-electron chi connectivity index (χ1n) is 9.10. The summed E-state index contributed by atoms with van der Waals surface area (Å²) in [6.07, 6.45) is 0. The Morgan fingerprint density at radius 2 is 1.50 bits per heavy atom. The zero-order valence-electron chi connectivity index (χ0n) is 16.5. The average Bonchev–Trinajstić information content (AvgIpc) is 2.93. The predicted molar refractivity (Wildman–Crippen MR) is 104 cm³/mol. The number of nitrogens with zero attached hydrogens (tertiary/aromatic N) is 2. The first kappa shape index (κ1) is 20.3. The summed E-state index contributed by atoms with van der Waals surface area (Å²) in [7, 11) is -3.66. The van der Waals surface area contributed by atoms with Crippen molar-refractivity contribution in [3.63, 3.8) is 0 Å². The number of hydrogen-bond acceptors (Lipinski definition) is 5. The number of rotatable bonds is 4. The number of benzene rings is 1. The third-order valence-electron chi connectivity index (χ3n) is 5.20. The van der Waals surface area contributed by atoms with Crippen LogP contribution in [-0.2, 0) is 10.0 Å². The Balaban J connectivity index is 1.72. The minimum Gasteiger partial charge on any atom is -0.466 e. The number of sulfonamides is 1. The van der Waals surface area contributed by atoms with Gasteiger partial charge in [-0.3, -0.25) is 9.59 Å². The summed E-state index contributed by atoms with van der Waals surface area (Å²) in [6.45, 7) is 7.93. The highest BCUT2D eigenvalue weighted by Crippen LogP contribution is 2.24. The third-order valence-corrected chi connectivity index (χ3v) is 7.11. The summed E-state index contributed by atoms with van der Waals surface area (Å²) in [5.74, 6) is 1.06. The summed E-state index contributed by atoms with van der Waals surface area (Å²) in [4.78, 5) is 26.0. The van der Waals surface area contributed by atoms with Crippen LogP contribution in [0.15, 0.2) is 33.6 Å². The van der Waals surface area contributed by atoms with Crippen LogP contribution >= 0.6 is 0 Å². The summed E-state index contributed by atoms with van der Waals surface area (Å²) >= 11 is 0. The molecule has 3 rings (SSSR count). The van der Waals surface area contributed by atoms with Gasteiger partial charge in [0.15, 0.2) is 5.78 Å². The quantitative estimate of drug-likeness (QED) is 0.731. The average molecular weight is 404 g/mol. The van der Waals surface area contributed by atoms with Gasteiger partial charge >= 0.3 is 0 Å². The van der Waals surface area contributed by atoms with E-state index in [1.807, 2.05) is 13.8 Å². The molecule has 7 nitrogen and oxygen atoms in total. The Kier molecular flexibility index (Phi) is 5.45. The van der Waals surface area contributed by atoms with Gasteiger partial charge in [0.05, 0.1) is 10.5 Å². The number of aryl methyl sites for hydroxylation is 2. The summed E-state index contributed by atoms with van der Waals surface area (Å²) in [5, 5.41) is 0. The van der Waals surface area contributed by atoms with Gasteiger partial charge in [-0.05, 0) is 39.8 Å². The molecule has 150 valence electrons. The molecule has 2 heterocycles. The SMILES string of the molecule is CC(=O)c1ccc(S(=O)(=O)N2CCN(C(=O)c3c(C)oc(C)c3C)CC2)cc1. The van der Waals surface area contributed by atoms with Gasteiger partial charge in [-0.2, -0.15) is 4.31 Å². The van der Waals surface area contributed by atoms with Gasteiger partial charge in [0.25, 0.3) is 5.91 Å². The van der Waals surface area contributed by atoms with E-state index in [0.717, 1.165) is 11.3 Å². The Morgan fingerprint density at radius 3 is 1.96 bits per heavy atom. The largest absolute Gasteiger partial charge is 0.466 e. The van der Waals surface area contributed by atoms with E-state index < -0.39 is 10.0 Å². The second-order valence-electron chi connectivity index (χ2n) is 6.99. The number of ketones is 1. The molecular formula is C20H24N2O5S. The fourth-order valence-electron chi connectivity index (χ4n) is 3.41. The van der Waals surface area contributed by atoms with Crippen LogP contribution in [0.4, 0.5) is 0 Å². The van der Waals surface area contributed by atoms with Gasteiger partial charge in [0, 0.05) is 37.3 Å². The van der Waals surface area contributed by atoms with Crippen molar-refractivity contribution in [1.29, 1.82) is 0 Å². The highest BCUT2D eigenvalue weighted by molar-refractivity contribution is 7.89. The van der Waals surface area contributed by atoms with Gasteiger partial charge in [-0.1, -0.05) is 12.1 Å². The van der Waals surface area contributed by atoms with E-state index in [-0.39, 0.29) is 29.7 Å². The Morgan fingerprint density at radius 1 is 0.929 bits per heavy atom. The molecule has 28 heavy (non-hydrogen) atoms. The number of piperazine rings is 1. The molecule has 1 aromatic carbocycles. The van der Waals surface area contributed by atoms with Gasteiger partial charge in [0.1, 0.15) is 11.5 Å². The lowest BCUT2D eigenvalue weighted by atomic mass is 10.1. The standard InChI is InChI=1S/C20H24N2O5S/c1-13-15(3)27-16(4)19(13)20(24)21-9-11-22(12-10-21)28(25,26)18-7-5-17(6-8-18)14(2)23/h5-8H,9-12H2,1-4H3. The molecular weight excluding hydrogens is 380 g/mol. The van der Waals surface area contributed by atoms with Crippen LogP contribution in [0.2, 0.25) is 0 Å². The van der Waals surface area contributed by atoms with E-state index >= 15 is 0 Å². The zero-order valence-corrected chi connectivity index (χ0v) is 17.3. The maximum Gasteiger partial charge on any atom is 0.257 e. The second-order valence-corrected chi connectivity index (χ2v) is 8.93. The van der Waals surface area contributed by atoms with Crippen molar-refractivity contribution in [3.05, 3.63) is 52.5 Å². The number of carbonyl (C=O) groups is 2. The van der Waals surface area contributed by atoms with Crippen molar-refractivity contribution in [1.82, 2.24) is 9.21 Å². The van der Waals surface area contributed by atoms with Gasteiger partial charge in [0.2, 0.25) is 10.0 Å². The van der Waals surface area contributed by atoms with Gasteiger partial charge in [-0.15, -0.1) is 0 Å². The molecule has 1 aliphatic heterocycles. The maximum absolute atomic E-state index is 12.8. The Hall–Kier alpha value is -2.45. The van der Waals surface area contributed by atoms with Crippen LogP contribution in [0.3, 0.4) is 0 Å². The third kappa shape index (κ3) is 3.62. The summed E-state index contributed by atoms with van der Waals surface area (Å²) in [5.41, 5.74) is 1.85. The fourth-order valence-corrected chi connectivity index (χ4v) is 4.83. The minimum atomic E-state index is -3.66. The Labute approximate surface area is 165 Å². The molecule has 0 atom stereocenters. The van der Waals surface area contributed by atoms with E-state index in [1.54, 1.807) is 11.8 Å². The van der Waals surface area contributed by atoms with Gasteiger partial charge in [-0.25, -0.2) is 8.42 Å². The zero-order chi connectivity index (χ0) is 20.6. The molecule has 0 saturated carbocycles. The molecule has 0 aliphatic carbocycles. The van der Waals surface area contributed by atoms with E-state index in [9.17, 15) is 18.0 Å². The fraction of sp³-hybridized carbons (Fsp3) is 0.400. The molecule has 1 fully saturated rings. The summed E-state index contributed by atoms with van der Waals surface area (Å²) in [6, 6.07) is 5.93. The van der Waals surface area contributed by atoms with Gasteiger partial charge < -0.3 is 9.32 Å². The molecule has 0 spiro atoms. The van der Waals surface area contributed by atoms with Crippen molar-refractivity contribution in [2.24, 2.45) is 0 Å². The molecule has 0 radical (unpaired) electrons. The Bertz CT molecular complexity index is 1010. The number of Topliss-reactive ketones (excluding diaryl/α,β-unsaturated/α-hetero) is 1. The molecule has 0 bridgehead atoms. The first-order chi connectivity index (χ1) is 13.1. The number of carbonyl (C=O) groups excluding carboxylic acids is 2. The van der Waals surface area contributed by atoms with Crippen LogP contribution in [0.25, 0.3) is 0 Å². The van der Waals surface area contributed by atoms with Crippen molar-refractivity contribution in [2.45, 2.75) is 32.6 Å². The number of furan rings is 1. The summed E-state index contributed by atoms with van der Waals surface area (Å²) < 4.78 is 32.6. The lowest BCUT2D eigenvalue weighted by molar-refractivity contribution is 0.0695. The van der Waals surface area contributed by atoms with E-state index in [0.29, 0.717) is 30.0 Å². The van der Waals surface area contributed by atoms with E-state index in [4.69, 9.17) is 4.42 Å². The predicted octanol–water partition coefficient (Wildman–Crippen LogP) is 2.55.